The van der Waals surface area contributed by atoms with Crippen molar-refractivity contribution >= 4 is 28.9 Å². The van der Waals surface area contributed by atoms with Crippen LogP contribution in [-0.4, -0.2) is 27.6 Å². The highest BCUT2D eigenvalue weighted by molar-refractivity contribution is 7.10. The number of nitrogens with zero attached hydrogens (tertiary/aromatic N) is 4. The minimum atomic E-state index is 0.00569. The van der Waals surface area contributed by atoms with Gasteiger partial charge in [-0.25, -0.2) is 0 Å². The Labute approximate surface area is 126 Å². The van der Waals surface area contributed by atoms with Crippen LogP contribution >= 0.6 is 22.9 Å². The largest absolute Gasteiger partial charge is 0.461 e. The quantitative estimate of drug-likeness (QED) is 0.872. The van der Waals surface area contributed by atoms with Gasteiger partial charge in [0.15, 0.2) is 0 Å². The van der Waals surface area contributed by atoms with Gasteiger partial charge in [-0.3, -0.25) is 0 Å². The van der Waals surface area contributed by atoms with Crippen molar-refractivity contribution in [2.45, 2.75) is 32.9 Å². The van der Waals surface area contributed by atoms with Crippen LogP contribution in [0.15, 0.2) is 11.4 Å². The van der Waals surface area contributed by atoms with Crippen LogP contribution in [0.5, 0.6) is 6.01 Å². The van der Waals surface area contributed by atoms with Crippen LogP contribution in [0.4, 0.5) is 5.95 Å². The van der Waals surface area contributed by atoms with E-state index in [2.05, 4.69) is 31.3 Å². The topological polar surface area (TPSA) is 51.1 Å². The summed E-state index contributed by atoms with van der Waals surface area (Å²) < 4.78 is 5.51. The Morgan fingerprint density at radius 1 is 1.35 bits per heavy atom. The zero-order valence-corrected chi connectivity index (χ0v) is 12.9. The Balaban J connectivity index is 1.85. The molecule has 0 saturated carbocycles. The molecule has 7 heteroatoms. The smallest absolute Gasteiger partial charge is 0.322 e. The molecule has 20 heavy (non-hydrogen) atoms. The maximum Gasteiger partial charge on any atom is 0.322 e. The molecule has 106 valence electrons. The first-order valence-electron chi connectivity index (χ1n) is 6.50. The fourth-order valence-corrected chi connectivity index (χ4v) is 3.18. The van der Waals surface area contributed by atoms with E-state index in [4.69, 9.17) is 16.3 Å². The molecule has 3 heterocycles. The van der Waals surface area contributed by atoms with Gasteiger partial charge in [-0.05, 0) is 48.9 Å². The Morgan fingerprint density at radius 2 is 2.20 bits per heavy atom. The van der Waals surface area contributed by atoms with Crippen molar-refractivity contribution in [2.24, 2.45) is 0 Å². The van der Waals surface area contributed by atoms with Crippen LogP contribution < -0.4 is 9.64 Å². The summed E-state index contributed by atoms with van der Waals surface area (Å²) >= 11 is 7.77. The molecule has 1 aliphatic heterocycles. The highest BCUT2D eigenvalue weighted by Gasteiger charge is 2.21. The number of hydrogen-bond donors (Lipinski definition) is 0. The molecule has 0 amide bonds. The molecule has 1 aliphatic rings. The first-order valence-corrected chi connectivity index (χ1v) is 7.76. The second-order valence-electron chi connectivity index (χ2n) is 4.89. The number of anilines is 1. The van der Waals surface area contributed by atoms with Crippen molar-refractivity contribution in [3.63, 3.8) is 0 Å². The number of fused-ring (bicyclic) bond motifs is 1. The molecular weight excluding hydrogens is 296 g/mol. The highest BCUT2D eigenvalue weighted by atomic mass is 35.5. The Hall–Kier alpha value is -1.40. The van der Waals surface area contributed by atoms with Crippen molar-refractivity contribution in [1.29, 1.82) is 0 Å². The molecule has 3 rings (SSSR count). The van der Waals surface area contributed by atoms with Gasteiger partial charge in [0.05, 0.1) is 6.10 Å². The Bertz CT molecular complexity index is 616. The number of rotatable bonds is 3. The van der Waals surface area contributed by atoms with E-state index in [1.54, 1.807) is 11.3 Å². The number of aromatic nitrogens is 3. The summed E-state index contributed by atoms with van der Waals surface area (Å²) in [4.78, 5) is 16.1. The van der Waals surface area contributed by atoms with Crippen LogP contribution in [-0.2, 0) is 13.0 Å². The van der Waals surface area contributed by atoms with Gasteiger partial charge in [0.25, 0.3) is 0 Å². The molecule has 0 N–H and O–H groups in total. The number of halogens is 1. The summed E-state index contributed by atoms with van der Waals surface area (Å²) in [6.45, 7) is 5.54. The molecule has 0 unspecified atom stereocenters. The van der Waals surface area contributed by atoms with Crippen molar-refractivity contribution in [3.05, 3.63) is 27.2 Å². The molecule has 0 fully saturated rings. The molecule has 0 atom stereocenters. The molecule has 5 nitrogen and oxygen atoms in total. The molecule has 0 aromatic carbocycles. The van der Waals surface area contributed by atoms with Gasteiger partial charge in [-0.15, -0.1) is 11.3 Å². The third-order valence-electron chi connectivity index (χ3n) is 3.01. The molecule has 2 aromatic rings. The summed E-state index contributed by atoms with van der Waals surface area (Å²) in [5.41, 5.74) is 1.34. The molecule has 2 aromatic heterocycles. The molecule has 0 bridgehead atoms. The second kappa shape index (κ2) is 5.54. The molecule has 0 radical (unpaired) electrons. The van der Waals surface area contributed by atoms with Gasteiger partial charge in [-0.2, -0.15) is 15.0 Å². The average molecular weight is 311 g/mol. The average Bonchev–Trinajstić information content (AvgIpc) is 2.84. The van der Waals surface area contributed by atoms with E-state index in [0.717, 1.165) is 19.5 Å². The van der Waals surface area contributed by atoms with Crippen LogP contribution in [0.2, 0.25) is 5.28 Å². The summed E-state index contributed by atoms with van der Waals surface area (Å²) in [7, 11) is 0. The van der Waals surface area contributed by atoms with Crippen LogP contribution in [0.25, 0.3) is 0 Å². The summed E-state index contributed by atoms with van der Waals surface area (Å²) in [6.07, 6.45) is 1.02. The van der Waals surface area contributed by atoms with E-state index in [-0.39, 0.29) is 17.4 Å². The van der Waals surface area contributed by atoms with E-state index < -0.39 is 0 Å². The fourth-order valence-electron chi connectivity index (χ4n) is 2.15. The van der Waals surface area contributed by atoms with Crippen molar-refractivity contribution in [2.75, 3.05) is 11.4 Å². The van der Waals surface area contributed by atoms with Gasteiger partial charge in [0.2, 0.25) is 11.2 Å². The SMILES string of the molecule is CC(C)Oc1nc(Cl)nc(N2CCc3sccc3C2)n1. The third kappa shape index (κ3) is 2.86. The number of ether oxygens (including phenoxy) is 1. The van der Waals surface area contributed by atoms with E-state index in [0.29, 0.717) is 5.95 Å². The third-order valence-corrected chi connectivity index (χ3v) is 4.20. The predicted molar refractivity (Wildman–Crippen MR) is 79.7 cm³/mol. The maximum atomic E-state index is 5.96. The van der Waals surface area contributed by atoms with Gasteiger partial charge in [0, 0.05) is 18.0 Å². The number of thiophene rings is 1. The standard InChI is InChI=1S/C13H15ClN4OS/c1-8(2)19-13-16-11(14)15-12(17-13)18-5-3-10-9(7-18)4-6-20-10/h4,6,8H,3,5,7H2,1-2H3. The van der Waals surface area contributed by atoms with Gasteiger partial charge < -0.3 is 9.64 Å². The van der Waals surface area contributed by atoms with Crippen LogP contribution in [0.3, 0.4) is 0 Å². The fraction of sp³-hybridized carbons (Fsp3) is 0.462. The van der Waals surface area contributed by atoms with E-state index in [1.165, 1.54) is 10.4 Å². The minimum absolute atomic E-state index is 0.00569. The van der Waals surface area contributed by atoms with Gasteiger partial charge >= 0.3 is 6.01 Å². The summed E-state index contributed by atoms with van der Waals surface area (Å²) in [6, 6.07) is 2.44. The van der Waals surface area contributed by atoms with E-state index in [1.807, 2.05) is 13.8 Å². The monoisotopic (exact) mass is 310 g/mol. The van der Waals surface area contributed by atoms with Crippen LogP contribution in [0, 0.1) is 0 Å². The molecule has 0 saturated heterocycles. The highest BCUT2D eigenvalue weighted by Crippen LogP contribution is 2.27. The molecular formula is C13H15ClN4OS. The predicted octanol–water partition coefficient (Wildman–Crippen LogP) is 2.94. The second-order valence-corrected chi connectivity index (χ2v) is 6.23. The summed E-state index contributed by atoms with van der Waals surface area (Å²) in [5, 5.41) is 2.30. The van der Waals surface area contributed by atoms with E-state index >= 15 is 0 Å². The lowest BCUT2D eigenvalue weighted by atomic mass is 10.1. The maximum absolute atomic E-state index is 5.96. The minimum Gasteiger partial charge on any atom is -0.461 e. The van der Waals surface area contributed by atoms with Crippen LogP contribution in [0.1, 0.15) is 24.3 Å². The van der Waals surface area contributed by atoms with E-state index in [9.17, 15) is 0 Å². The van der Waals surface area contributed by atoms with Crippen molar-refractivity contribution in [3.8, 4) is 6.01 Å². The molecule has 0 aliphatic carbocycles. The van der Waals surface area contributed by atoms with Crippen molar-refractivity contribution in [1.82, 2.24) is 15.0 Å². The zero-order valence-electron chi connectivity index (χ0n) is 11.3. The normalized spacial score (nSPS) is 14.5. The molecule has 0 spiro atoms. The van der Waals surface area contributed by atoms with Crippen molar-refractivity contribution < 1.29 is 4.74 Å². The lowest BCUT2D eigenvalue weighted by molar-refractivity contribution is 0.221. The van der Waals surface area contributed by atoms with Gasteiger partial charge in [-0.1, -0.05) is 0 Å². The zero-order chi connectivity index (χ0) is 14.1. The number of hydrogen-bond acceptors (Lipinski definition) is 6. The summed E-state index contributed by atoms with van der Waals surface area (Å²) in [5.74, 6) is 0.581. The lowest BCUT2D eigenvalue weighted by Gasteiger charge is -2.27. The van der Waals surface area contributed by atoms with Gasteiger partial charge in [0.1, 0.15) is 0 Å². The first-order chi connectivity index (χ1) is 9.61. The Kier molecular flexibility index (Phi) is 3.76. The lowest BCUT2D eigenvalue weighted by Crippen LogP contribution is -2.31. The Morgan fingerprint density at radius 3 is 3.00 bits per heavy atom. The first kappa shape index (κ1) is 13.6.